The van der Waals surface area contributed by atoms with Crippen molar-refractivity contribution in [2.75, 3.05) is 27.3 Å². The van der Waals surface area contributed by atoms with E-state index in [4.69, 9.17) is 13.9 Å². The number of pyridine rings is 2. The number of amides is 1. The van der Waals surface area contributed by atoms with Gasteiger partial charge in [0.25, 0.3) is 5.91 Å². The molecule has 1 aliphatic rings. The monoisotopic (exact) mass is 522 g/mol. The Labute approximate surface area is 219 Å². The minimum atomic E-state index is -0.616. The maximum Gasteiger partial charge on any atom is 0.254 e. The number of furan rings is 1. The normalized spacial score (nSPS) is 13.6. The number of aromatic nitrogens is 2. The van der Waals surface area contributed by atoms with Gasteiger partial charge in [-0.2, -0.15) is 5.26 Å². The van der Waals surface area contributed by atoms with Crippen molar-refractivity contribution < 1.29 is 23.1 Å². The molecule has 5 rings (SSSR count). The van der Waals surface area contributed by atoms with Crippen LogP contribution in [0.1, 0.15) is 28.8 Å². The van der Waals surface area contributed by atoms with E-state index < -0.39 is 5.82 Å². The van der Waals surface area contributed by atoms with E-state index in [1.807, 2.05) is 0 Å². The highest BCUT2D eigenvalue weighted by molar-refractivity contribution is 5.94. The number of benzene rings is 1. The molecule has 1 aliphatic heterocycles. The van der Waals surface area contributed by atoms with Crippen molar-refractivity contribution in [3.63, 3.8) is 0 Å². The van der Waals surface area contributed by atoms with Gasteiger partial charge in [0.2, 0.25) is 0 Å². The van der Waals surface area contributed by atoms with Crippen molar-refractivity contribution in [1.29, 1.82) is 5.26 Å². The fraction of sp³-hybridized carbons (Fsp3) is 0.259. The third-order valence-electron chi connectivity index (χ3n) is 6.01. The second kappa shape index (κ2) is 10.9. The van der Waals surface area contributed by atoms with Gasteiger partial charge in [0.05, 0.1) is 24.3 Å². The molecule has 1 aromatic carbocycles. The number of hydrogen-bond acceptors (Lipinski definition) is 7. The standard InChI is InChI=1S/C27H23FN4O4.ClH/c1-32(2)27(33)16-3-4-22(31-15-16)24-13-23-26(36-24)20(5-8-30-23)17-11-18(14-29)25(21(28)12-17)35-19-6-9-34-10-7-19;/h3-5,8,11-13,15,19H,6-7,9-10H2,1-2H3;1H. The van der Waals surface area contributed by atoms with Gasteiger partial charge in [-0.1, -0.05) is 0 Å². The Morgan fingerprint density at radius 2 is 1.95 bits per heavy atom. The number of ether oxygens (including phenoxy) is 2. The fourth-order valence-corrected chi connectivity index (χ4v) is 4.13. The number of nitrogens with zero attached hydrogens (tertiary/aromatic N) is 4. The summed E-state index contributed by atoms with van der Waals surface area (Å²) in [7, 11) is 3.35. The van der Waals surface area contributed by atoms with E-state index in [1.54, 1.807) is 50.6 Å². The van der Waals surface area contributed by atoms with E-state index in [-0.39, 0.29) is 35.7 Å². The lowest BCUT2D eigenvalue weighted by Crippen LogP contribution is -2.26. The molecule has 37 heavy (non-hydrogen) atoms. The van der Waals surface area contributed by atoms with Crippen LogP contribution in [0.4, 0.5) is 4.39 Å². The molecular formula is C27H24ClFN4O4. The molecule has 1 fully saturated rings. The first kappa shape index (κ1) is 26.1. The second-order valence-electron chi connectivity index (χ2n) is 8.69. The highest BCUT2D eigenvalue weighted by atomic mass is 35.5. The van der Waals surface area contributed by atoms with Crippen LogP contribution < -0.4 is 4.74 Å². The first-order valence-electron chi connectivity index (χ1n) is 11.5. The predicted octanol–water partition coefficient (Wildman–Crippen LogP) is 5.25. The molecule has 0 aliphatic carbocycles. The van der Waals surface area contributed by atoms with Crippen molar-refractivity contribution in [3.05, 3.63) is 65.7 Å². The van der Waals surface area contributed by atoms with Crippen LogP contribution in [0.5, 0.6) is 5.75 Å². The molecule has 3 aromatic heterocycles. The molecule has 190 valence electrons. The molecule has 0 bridgehead atoms. The van der Waals surface area contributed by atoms with E-state index in [2.05, 4.69) is 16.0 Å². The van der Waals surface area contributed by atoms with Gasteiger partial charge in [0, 0.05) is 51.0 Å². The van der Waals surface area contributed by atoms with Gasteiger partial charge in [-0.15, -0.1) is 12.4 Å². The van der Waals surface area contributed by atoms with Crippen molar-refractivity contribution in [2.45, 2.75) is 18.9 Å². The number of halogens is 2. The zero-order chi connectivity index (χ0) is 25.2. The summed E-state index contributed by atoms with van der Waals surface area (Å²) in [4.78, 5) is 22.3. The lowest BCUT2D eigenvalue weighted by Gasteiger charge is -2.24. The Bertz CT molecular complexity index is 1470. The number of nitriles is 1. The summed E-state index contributed by atoms with van der Waals surface area (Å²) in [5.74, 6) is -0.360. The minimum absolute atomic E-state index is 0. The van der Waals surface area contributed by atoms with Crippen molar-refractivity contribution >= 4 is 29.4 Å². The molecular weight excluding hydrogens is 499 g/mol. The molecule has 0 atom stereocenters. The van der Waals surface area contributed by atoms with Crippen LogP contribution in [0, 0.1) is 17.1 Å². The van der Waals surface area contributed by atoms with Gasteiger partial charge in [-0.05, 0) is 35.9 Å². The molecule has 4 aromatic rings. The van der Waals surface area contributed by atoms with E-state index in [1.165, 1.54) is 17.2 Å². The van der Waals surface area contributed by atoms with Gasteiger partial charge in [0.1, 0.15) is 23.4 Å². The highest BCUT2D eigenvalue weighted by Crippen LogP contribution is 2.36. The molecule has 1 amide bonds. The predicted molar refractivity (Wildman–Crippen MR) is 137 cm³/mol. The third-order valence-corrected chi connectivity index (χ3v) is 6.01. The average molecular weight is 523 g/mol. The SMILES string of the molecule is CN(C)C(=O)c1ccc(-c2cc3nccc(-c4cc(F)c(OC5CCOCC5)c(C#N)c4)c3o2)nc1.Cl. The van der Waals surface area contributed by atoms with Crippen LogP contribution in [0.2, 0.25) is 0 Å². The Hall–Kier alpha value is -4.00. The van der Waals surface area contributed by atoms with Crippen LogP contribution in [-0.4, -0.2) is 54.2 Å². The Morgan fingerprint density at radius 3 is 2.62 bits per heavy atom. The number of rotatable bonds is 5. The Morgan fingerprint density at radius 1 is 1.16 bits per heavy atom. The maximum atomic E-state index is 15.2. The molecule has 0 unspecified atom stereocenters. The van der Waals surface area contributed by atoms with Crippen molar-refractivity contribution in [2.24, 2.45) is 0 Å². The summed E-state index contributed by atoms with van der Waals surface area (Å²) in [5.41, 5.74) is 3.13. The van der Waals surface area contributed by atoms with Crippen molar-refractivity contribution in [3.8, 4) is 34.4 Å². The molecule has 10 heteroatoms. The number of fused-ring (bicyclic) bond motifs is 1. The van der Waals surface area contributed by atoms with Crippen LogP contribution in [0.15, 0.2) is 53.2 Å². The molecule has 0 spiro atoms. The first-order chi connectivity index (χ1) is 17.4. The lowest BCUT2D eigenvalue weighted by molar-refractivity contribution is 0.0239. The summed E-state index contributed by atoms with van der Waals surface area (Å²) in [6.07, 6.45) is 4.18. The summed E-state index contributed by atoms with van der Waals surface area (Å²) in [6, 6.07) is 11.8. The van der Waals surface area contributed by atoms with Crippen LogP contribution >= 0.6 is 12.4 Å². The highest BCUT2D eigenvalue weighted by Gasteiger charge is 2.22. The molecule has 0 radical (unpaired) electrons. The van der Waals surface area contributed by atoms with Crippen LogP contribution in [-0.2, 0) is 4.74 Å². The zero-order valence-corrected chi connectivity index (χ0v) is 21.0. The van der Waals surface area contributed by atoms with E-state index in [0.29, 0.717) is 65.3 Å². The van der Waals surface area contributed by atoms with Gasteiger partial charge < -0.3 is 18.8 Å². The molecule has 8 nitrogen and oxygen atoms in total. The summed E-state index contributed by atoms with van der Waals surface area (Å²) in [5, 5.41) is 9.71. The molecule has 4 heterocycles. The van der Waals surface area contributed by atoms with Crippen LogP contribution in [0.3, 0.4) is 0 Å². The number of hydrogen-bond donors (Lipinski definition) is 0. The first-order valence-corrected chi connectivity index (χ1v) is 11.5. The van der Waals surface area contributed by atoms with Gasteiger partial charge in [0.15, 0.2) is 22.9 Å². The Balaban J connectivity index is 0.00000320. The smallest absolute Gasteiger partial charge is 0.254 e. The summed E-state index contributed by atoms with van der Waals surface area (Å²) < 4.78 is 32.4. The molecule has 0 saturated carbocycles. The molecule has 0 N–H and O–H groups in total. The minimum Gasteiger partial charge on any atom is -0.486 e. The van der Waals surface area contributed by atoms with E-state index in [9.17, 15) is 10.1 Å². The van der Waals surface area contributed by atoms with E-state index in [0.717, 1.165) is 0 Å². The Kier molecular flexibility index (Phi) is 7.71. The zero-order valence-electron chi connectivity index (χ0n) is 20.2. The van der Waals surface area contributed by atoms with Gasteiger partial charge in [-0.3, -0.25) is 14.8 Å². The van der Waals surface area contributed by atoms with E-state index >= 15 is 4.39 Å². The third kappa shape index (κ3) is 5.26. The topological polar surface area (TPSA) is 101 Å². The van der Waals surface area contributed by atoms with Gasteiger partial charge in [-0.25, -0.2) is 4.39 Å². The van der Waals surface area contributed by atoms with Gasteiger partial charge >= 0.3 is 0 Å². The summed E-state index contributed by atoms with van der Waals surface area (Å²) in [6.45, 7) is 1.09. The van der Waals surface area contributed by atoms with Crippen molar-refractivity contribution in [1.82, 2.24) is 14.9 Å². The number of carbonyl (C=O) groups is 1. The quantitative estimate of drug-likeness (QED) is 0.353. The van der Waals surface area contributed by atoms with Crippen LogP contribution in [0.25, 0.3) is 33.7 Å². The molecule has 1 saturated heterocycles. The summed E-state index contributed by atoms with van der Waals surface area (Å²) >= 11 is 0. The second-order valence-corrected chi connectivity index (χ2v) is 8.69. The lowest BCUT2D eigenvalue weighted by atomic mass is 10.0. The fourth-order valence-electron chi connectivity index (χ4n) is 4.13. The number of carbonyl (C=O) groups excluding carboxylic acids is 1. The average Bonchev–Trinajstić information content (AvgIpc) is 3.34. The maximum absolute atomic E-state index is 15.2. The largest absolute Gasteiger partial charge is 0.486 e.